The normalized spacial score (nSPS) is 11.5. The maximum absolute atomic E-state index is 4.57. The first-order valence-electron chi connectivity index (χ1n) is 6.10. The van der Waals surface area contributed by atoms with Crippen LogP contribution in [0.3, 0.4) is 0 Å². The van der Waals surface area contributed by atoms with Gasteiger partial charge in [-0.25, -0.2) is 4.98 Å². The fourth-order valence-corrected chi connectivity index (χ4v) is 2.37. The Kier molecular flexibility index (Phi) is 5.54. The number of H-pyrrole nitrogens is 1. The molecule has 0 amide bonds. The molecule has 3 rings (SSSR count). The van der Waals surface area contributed by atoms with Crippen LogP contribution < -0.4 is 0 Å². The van der Waals surface area contributed by atoms with Crippen LogP contribution in [0.25, 0.3) is 10.9 Å². The van der Waals surface area contributed by atoms with Crippen LogP contribution in [0.2, 0.25) is 0 Å². The molecule has 1 atom stereocenters. The van der Waals surface area contributed by atoms with Crippen LogP contribution >= 0.6 is 24.8 Å². The molecule has 0 saturated carbocycles. The summed E-state index contributed by atoms with van der Waals surface area (Å²) < 4.78 is 0. The number of imidazole rings is 1. The van der Waals surface area contributed by atoms with Crippen molar-refractivity contribution in [3.8, 4) is 0 Å². The molecular formula is C15H17Cl2N3. The first-order chi connectivity index (χ1) is 8.75. The summed E-state index contributed by atoms with van der Waals surface area (Å²) in [6.07, 6.45) is 3.61. The second-order valence-corrected chi connectivity index (χ2v) is 4.60. The van der Waals surface area contributed by atoms with Crippen molar-refractivity contribution in [1.29, 1.82) is 0 Å². The number of halogens is 2. The Bertz CT molecular complexity index is 681. The summed E-state index contributed by atoms with van der Waals surface area (Å²) in [5.41, 5.74) is 4.53. The summed E-state index contributed by atoms with van der Waals surface area (Å²) in [5, 5.41) is 1.21. The zero-order chi connectivity index (χ0) is 12.5. The quantitative estimate of drug-likeness (QED) is 0.768. The summed E-state index contributed by atoms with van der Waals surface area (Å²) >= 11 is 0. The average molecular weight is 310 g/mol. The number of benzene rings is 1. The Balaban J connectivity index is 0.000001000. The van der Waals surface area contributed by atoms with Gasteiger partial charge >= 0.3 is 0 Å². The van der Waals surface area contributed by atoms with Gasteiger partial charge in [-0.2, -0.15) is 0 Å². The van der Waals surface area contributed by atoms with Crippen molar-refractivity contribution in [3.05, 3.63) is 59.8 Å². The van der Waals surface area contributed by atoms with Crippen molar-refractivity contribution < 1.29 is 0 Å². The Hall–Kier alpha value is -1.58. The van der Waals surface area contributed by atoms with Crippen molar-refractivity contribution in [3.63, 3.8) is 0 Å². The number of hydrogen-bond donors (Lipinski definition) is 1. The molecule has 0 aliphatic rings. The van der Waals surface area contributed by atoms with Crippen LogP contribution in [-0.2, 0) is 0 Å². The average Bonchev–Trinajstić information content (AvgIpc) is 2.90. The van der Waals surface area contributed by atoms with Gasteiger partial charge in [-0.15, -0.1) is 24.8 Å². The highest BCUT2D eigenvalue weighted by molar-refractivity contribution is 5.85. The Morgan fingerprint density at radius 2 is 1.90 bits per heavy atom. The molecule has 3 nitrogen and oxygen atoms in total. The minimum Gasteiger partial charge on any atom is -0.348 e. The number of rotatable bonds is 2. The summed E-state index contributed by atoms with van der Waals surface area (Å²) in [4.78, 5) is 11.9. The van der Waals surface area contributed by atoms with Gasteiger partial charge in [0.05, 0.1) is 11.8 Å². The molecule has 106 valence electrons. The summed E-state index contributed by atoms with van der Waals surface area (Å²) in [6.45, 7) is 4.23. The maximum Gasteiger partial charge on any atom is 0.0921 e. The molecule has 0 aliphatic carbocycles. The molecule has 0 fully saturated rings. The summed E-state index contributed by atoms with van der Waals surface area (Å²) in [5.74, 6) is 0.291. The van der Waals surface area contributed by atoms with Gasteiger partial charge in [0.2, 0.25) is 0 Å². The van der Waals surface area contributed by atoms with E-state index in [0.717, 1.165) is 16.9 Å². The molecule has 2 heterocycles. The van der Waals surface area contributed by atoms with Gasteiger partial charge < -0.3 is 4.98 Å². The predicted octanol–water partition coefficient (Wildman–Crippen LogP) is 4.26. The van der Waals surface area contributed by atoms with Crippen LogP contribution in [0.1, 0.15) is 29.8 Å². The first-order valence-corrected chi connectivity index (χ1v) is 6.10. The Morgan fingerprint density at radius 1 is 1.15 bits per heavy atom. The zero-order valence-corrected chi connectivity index (χ0v) is 13.0. The fraction of sp³-hybridized carbons (Fsp3) is 0.200. The van der Waals surface area contributed by atoms with E-state index in [4.69, 9.17) is 0 Å². The van der Waals surface area contributed by atoms with Gasteiger partial charge in [0, 0.05) is 28.9 Å². The van der Waals surface area contributed by atoms with E-state index in [1.807, 2.05) is 19.2 Å². The smallest absolute Gasteiger partial charge is 0.0921 e. The van der Waals surface area contributed by atoms with Crippen molar-refractivity contribution in [2.45, 2.75) is 19.8 Å². The molecule has 3 aromatic rings. The lowest BCUT2D eigenvalue weighted by atomic mass is 9.94. The van der Waals surface area contributed by atoms with E-state index in [1.54, 1.807) is 6.33 Å². The highest BCUT2D eigenvalue weighted by Gasteiger charge is 2.13. The van der Waals surface area contributed by atoms with Gasteiger partial charge in [-0.3, -0.25) is 4.98 Å². The summed E-state index contributed by atoms with van der Waals surface area (Å²) in [6, 6.07) is 10.4. The standard InChI is InChI=1S/C15H15N3.2ClH/c1-10-7-13(11(2)15-8-16-9-17-15)12-5-3-4-6-14(12)18-10;;/h3-9,11H,1-2H3,(H,16,17);2*1H. The molecule has 1 unspecified atom stereocenters. The lowest BCUT2D eigenvalue weighted by Crippen LogP contribution is -1.99. The van der Waals surface area contributed by atoms with E-state index >= 15 is 0 Å². The third kappa shape index (κ3) is 2.94. The fourth-order valence-electron chi connectivity index (χ4n) is 2.37. The highest BCUT2D eigenvalue weighted by Crippen LogP contribution is 2.29. The van der Waals surface area contributed by atoms with Crippen molar-refractivity contribution in [1.82, 2.24) is 15.0 Å². The number of aryl methyl sites for hydroxylation is 1. The molecule has 2 aromatic heterocycles. The van der Waals surface area contributed by atoms with E-state index in [1.165, 1.54) is 10.9 Å². The number of pyridine rings is 1. The van der Waals surface area contributed by atoms with E-state index in [-0.39, 0.29) is 24.8 Å². The van der Waals surface area contributed by atoms with Crippen LogP contribution in [-0.4, -0.2) is 15.0 Å². The third-order valence-corrected chi connectivity index (χ3v) is 3.33. The van der Waals surface area contributed by atoms with E-state index in [9.17, 15) is 0 Å². The number of fused-ring (bicyclic) bond motifs is 1. The molecule has 1 aromatic carbocycles. The number of aromatic amines is 1. The topological polar surface area (TPSA) is 41.6 Å². The summed E-state index contributed by atoms with van der Waals surface area (Å²) in [7, 11) is 0. The van der Waals surface area contributed by atoms with Gasteiger partial charge in [-0.1, -0.05) is 25.1 Å². The second-order valence-electron chi connectivity index (χ2n) is 4.60. The van der Waals surface area contributed by atoms with E-state index in [0.29, 0.717) is 5.92 Å². The molecule has 20 heavy (non-hydrogen) atoms. The lowest BCUT2D eigenvalue weighted by Gasteiger charge is -2.13. The number of aromatic nitrogens is 3. The first kappa shape index (κ1) is 16.5. The minimum atomic E-state index is 0. The van der Waals surface area contributed by atoms with E-state index in [2.05, 4.69) is 46.1 Å². The number of para-hydroxylation sites is 1. The predicted molar refractivity (Wildman–Crippen MR) is 87.1 cm³/mol. The zero-order valence-electron chi connectivity index (χ0n) is 11.3. The molecule has 1 N–H and O–H groups in total. The van der Waals surface area contributed by atoms with Gasteiger partial charge in [0.1, 0.15) is 0 Å². The van der Waals surface area contributed by atoms with Crippen LogP contribution in [0.4, 0.5) is 0 Å². The van der Waals surface area contributed by atoms with Crippen molar-refractivity contribution in [2.75, 3.05) is 0 Å². The van der Waals surface area contributed by atoms with Gasteiger partial charge in [0.25, 0.3) is 0 Å². The van der Waals surface area contributed by atoms with Crippen LogP contribution in [0.15, 0.2) is 42.9 Å². The molecule has 0 saturated heterocycles. The highest BCUT2D eigenvalue weighted by atomic mass is 35.5. The lowest BCUT2D eigenvalue weighted by molar-refractivity contribution is 0.887. The monoisotopic (exact) mass is 309 g/mol. The maximum atomic E-state index is 4.57. The van der Waals surface area contributed by atoms with Crippen LogP contribution in [0.5, 0.6) is 0 Å². The molecule has 5 heteroatoms. The number of nitrogens with one attached hydrogen (secondary N) is 1. The molecule has 0 aliphatic heterocycles. The molecular weight excluding hydrogens is 293 g/mol. The number of hydrogen-bond acceptors (Lipinski definition) is 2. The Labute approximate surface area is 130 Å². The van der Waals surface area contributed by atoms with Crippen molar-refractivity contribution in [2.24, 2.45) is 0 Å². The van der Waals surface area contributed by atoms with Gasteiger partial charge in [0.15, 0.2) is 0 Å². The minimum absolute atomic E-state index is 0. The van der Waals surface area contributed by atoms with E-state index < -0.39 is 0 Å². The number of nitrogens with zero attached hydrogens (tertiary/aromatic N) is 2. The second kappa shape index (κ2) is 6.73. The molecule has 0 spiro atoms. The SMILES string of the molecule is Cc1cc(C(C)c2cnc[nH]2)c2ccccc2n1.Cl.Cl. The largest absolute Gasteiger partial charge is 0.348 e. The Morgan fingerprint density at radius 3 is 2.60 bits per heavy atom. The third-order valence-electron chi connectivity index (χ3n) is 3.33. The van der Waals surface area contributed by atoms with Crippen molar-refractivity contribution >= 4 is 35.7 Å². The molecule has 0 radical (unpaired) electrons. The molecule has 0 bridgehead atoms. The van der Waals surface area contributed by atoms with Crippen LogP contribution in [0, 0.1) is 6.92 Å². The van der Waals surface area contributed by atoms with Gasteiger partial charge in [-0.05, 0) is 24.6 Å².